The van der Waals surface area contributed by atoms with Crippen molar-refractivity contribution >= 4 is 43.2 Å². The summed E-state index contributed by atoms with van der Waals surface area (Å²) in [4.78, 5) is 1.39. The highest BCUT2D eigenvalue weighted by atomic mass is 79.9. The minimum absolute atomic E-state index is 0.665. The third-order valence-corrected chi connectivity index (χ3v) is 6.12. The summed E-state index contributed by atoms with van der Waals surface area (Å²) in [5.74, 6) is 0.724. The number of nitrogens with one attached hydrogen (secondary N) is 1. The molecule has 4 heteroatoms. The Bertz CT molecular complexity index is 561. The van der Waals surface area contributed by atoms with E-state index in [1.807, 2.05) is 11.3 Å². The van der Waals surface area contributed by atoms with Gasteiger partial charge < -0.3 is 5.32 Å². The molecule has 0 amide bonds. The molecule has 100 valence electrons. The van der Waals surface area contributed by atoms with Crippen LogP contribution in [0.1, 0.15) is 29.2 Å². The van der Waals surface area contributed by atoms with Gasteiger partial charge in [-0.2, -0.15) is 0 Å². The smallest absolute Gasteiger partial charge is 0.0327 e. The lowest BCUT2D eigenvalue weighted by Gasteiger charge is -2.36. The van der Waals surface area contributed by atoms with Crippen molar-refractivity contribution in [2.24, 2.45) is 0 Å². The molecule has 2 aromatic rings. The number of rotatable bonds is 4. The average Bonchev–Trinajstić information content (AvgIpc) is 2.73. The molecule has 0 bridgehead atoms. The van der Waals surface area contributed by atoms with Gasteiger partial charge in [-0.25, -0.2) is 0 Å². The zero-order valence-corrected chi connectivity index (χ0v) is 14.4. The van der Waals surface area contributed by atoms with Gasteiger partial charge in [0, 0.05) is 26.4 Å². The average molecular weight is 401 g/mol. The van der Waals surface area contributed by atoms with E-state index in [0.29, 0.717) is 6.04 Å². The Morgan fingerprint density at radius 3 is 2.74 bits per heavy atom. The van der Waals surface area contributed by atoms with Crippen LogP contribution in [0.25, 0.3) is 0 Å². The molecule has 1 aliphatic rings. The molecule has 1 aromatic carbocycles. The monoisotopic (exact) mass is 399 g/mol. The van der Waals surface area contributed by atoms with E-state index in [0.717, 1.165) is 12.5 Å². The maximum Gasteiger partial charge on any atom is 0.0327 e. The summed E-state index contributed by atoms with van der Waals surface area (Å²) in [6.45, 7) is 0.980. The van der Waals surface area contributed by atoms with E-state index in [2.05, 4.69) is 72.9 Å². The Labute approximate surface area is 134 Å². The summed E-state index contributed by atoms with van der Waals surface area (Å²) in [5.41, 5.74) is 1.46. The highest BCUT2D eigenvalue weighted by molar-refractivity contribution is 9.10. The first-order valence-electron chi connectivity index (χ1n) is 6.43. The minimum Gasteiger partial charge on any atom is -0.309 e. The molecule has 1 heterocycles. The van der Waals surface area contributed by atoms with E-state index in [4.69, 9.17) is 0 Å². The molecule has 1 nitrogen and oxygen atoms in total. The van der Waals surface area contributed by atoms with Crippen molar-refractivity contribution in [3.63, 3.8) is 0 Å². The van der Waals surface area contributed by atoms with E-state index < -0.39 is 0 Å². The molecule has 3 rings (SSSR count). The van der Waals surface area contributed by atoms with Crippen molar-refractivity contribution in [3.05, 3.63) is 55.1 Å². The molecule has 1 aromatic heterocycles. The van der Waals surface area contributed by atoms with Gasteiger partial charge in [0.1, 0.15) is 0 Å². The molecule has 1 aliphatic carbocycles. The second-order valence-electron chi connectivity index (χ2n) is 4.99. The van der Waals surface area contributed by atoms with Crippen LogP contribution in [-0.4, -0.2) is 6.04 Å². The third kappa shape index (κ3) is 3.30. The molecular weight excluding hydrogens is 386 g/mol. The molecule has 19 heavy (non-hydrogen) atoms. The second kappa shape index (κ2) is 6.08. The van der Waals surface area contributed by atoms with Crippen LogP contribution >= 0.6 is 43.2 Å². The van der Waals surface area contributed by atoms with Crippen molar-refractivity contribution in [2.45, 2.75) is 31.3 Å². The van der Waals surface area contributed by atoms with Gasteiger partial charge >= 0.3 is 0 Å². The van der Waals surface area contributed by atoms with Crippen molar-refractivity contribution in [2.75, 3.05) is 0 Å². The highest BCUT2D eigenvalue weighted by Crippen LogP contribution is 2.38. The first kappa shape index (κ1) is 13.8. The van der Waals surface area contributed by atoms with Gasteiger partial charge in [-0.3, -0.25) is 0 Å². The van der Waals surface area contributed by atoms with Crippen molar-refractivity contribution in [1.29, 1.82) is 0 Å². The van der Waals surface area contributed by atoms with Crippen LogP contribution in [0.15, 0.2) is 44.7 Å². The van der Waals surface area contributed by atoms with Crippen molar-refractivity contribution in [1.82, 2.24) is 5.32 Å². The predicted molar refractivity (Wildman–Crippen MR) is 88.8 cm³/mol. The summed E-state index contributed by atoms with van der Waals surface area (Å²) in [6.07, 6.45) is 2.50. The van der Waals surface area contributed by atoms with E-state index >= 15 is 0 Å². The number of thiophene rings is 1. The molecule has 1 fully saturated rings. The fourth-order valence-corrected chi connectivity index (χ4v) is 4.37. The van der Waals surface area contributed by atoms with Gasteiger partial charge in [0.25, 0.3) is 0 Å². The first-order chi connectivity index (χ1) is 9.22. The van der Waals surface area contributed by atoms with Crippen LogP contribution in [0.5, 0.6) is 0 Å². The normalized spacial score (nSPS) is 22.2. The fraction of sp³-hybridized carbons (Fsp3) is 0.333. The minimum atomic E-state index is 0.665. The molecule has 0 unspecified atom stereocenters. The Hall–Kier alpha value is -0.160. The van der Waals surface area contributed by atoms with Crippen LogP contribution in [0.2, 0.25) is 0 Å². The van der Waals surface area contributed by atoms with Gasteiger partial charge in [0.2, 0.25) is 0 Å². The number of hydrogen-bond acceptors (Lipinski definition) is 2. The van der Waals surface area contributed by atoms with Crippen molar-refractivity contribution < 1.29 is 0 Å². The van der Waals surface area contributed by atoms with Crippen LogP contribution in [-0.2, 0) is 6.54 Å². The van der Waals surface area contributed by atoms with E-state index in [-0.39, 0.29) is 0 Å². The molecule has 0 saturated heterocycles. The largest absolute Gasteiger partial charge is 0.309 e. The standard InChI is InChI=1S/C15H15Br2NS/c16-12-3-1-2-10(6-12)11-7-13(8-11)18-9-15-14(17)4-5-19-15/h1-6,11,13,18H,7-9H2. The topological polar surface area (TPSA) is 12.0 Å². The van der Waals surface area contributed by atoms with Gasteiger partial charge in [-0.05, 0) is 63.8 Å². The van der Waals surface area contributed by atoms with Crippen molar-refractivity contribution in [3.8, 4) is 0 Å². The maximum absolute atomic E-state index is 3.65. The summed E-state index contributed by atoms with van der Waals surface area (Å²) >= 11 is 8.93. The summed E-state index contributed by atoms with van der Waals surface area (Å²) < 4.78 is 2.41. The Morgan fingerprint density at radius 2 is 2.05 bits per heavy atom. The Balaban J connectivity index is 1.49. The lowest BCUT2D eigenvalue weighted by Crippen LogP contribution is -2.39. The zero-order valence-electron chi connectivity index (χ0n) is 10.4. The summed E-state index contributed by atoms with van der Waals surface area (Å²) in [6, 6.07) is 11.5. The molecule has 1 saturated carbocycles. The SMILES string of the molecule is Brc1cccc(C2CC(NCc3sccc3Br)C2)c1. The molecule has 0 spiro atoms. The quantitative estimate of drug-likeness (QED) is 0.733. The Kier molecular flexibility index (Phi) is 4.42. The molecule has 0 radical (unpaired) electrons. The molecule has 0 atom stereocenters. The Morgan fingerprint density at radius 1 is 1.21 bits per heavy atom. The van der Waals surface area contributed by atoms with Gasteiger partial charge in [0.05, 0.1) is 0 Å². The lowest BCUT2D eigenvalue weighted by atomic mass is 9.76. The first-order valence-corrected chi connectivity index (χ1v) is 8.89. The van der Waals surface area contributed by atoms with Gasteiger partial charge in [0.15, 0.2) is 0 Å². The summed E-state index contributed by atoms with van der Waals surface area (Å²) in [7, 11) is 0. The number of benzene rings is 1. The molecular formula is C15H15Br2NS. The number of hydrogen-bond donors (Lipinski definition) is 1. The number of halogens is 2. The second-order valence-corrected chi connectivity index (χ2v) is 7.76. The maximum atomic E-state index is 3.65. The van der Waals surface area contributed by atoms with Crippen LogP contribution in [0.4, 0.5) is 0 Å². The third-order valence-electron chi connectivity index (χ3n) is 3.70. The molecule has 1 N–H and O–H groups in total. The molecule has 0 aliphatic heterocycles. The lowest BCUT2D eigenvalue weighted by molar-refractivity contribution is 0.290. The summed E-state index contributed by atoms with van der Waals surface area (Å²) in [5, 5.41) is 5.78. The van der Waals surface area contributed by atoms with Crippen LogP contribution in [0.3, 0.4) is 0 Å². The van der Waals surface area contributed by atoms with E-state index in [1.165, 1.54) is 32.2 Å². The van der Waals surface area contributed by atoms with E-state index in [1.54, 1.807) is 0 Å². The zero-order chi connectivity index (χ0) is 13.2. The fourth-order valence-electron chi connectivity index (χ4n) is 2.51. The van der Waals surface area contributed by atoms with Gasteiger partial charge in [-0.1, -0.05) is 28.1 Å². The predicted octanol–water partition coefficient (Wildman–Crippen LogP) is 5.31. The van der Waals surface area contributed by atoms with Crippen LogP contribution in [0, 0.1) is 0 Å². The highest BCUT2D eigenvalue weighted by Gasteiger charge is 2.29. The van der Waals surface area contributed by atoms with E-state index in [9.17, 15) is 0 Å². The van der Waals surface area contributed by atoms with Gasteiger partial charge in [-0.15, -0.1) is 11.3 Å². The van der Waals surface area contributed by atoms with Crippen LogP contribution < -0.4 is 5.32 Å².